The van der Waals surface area contributed by atoms with Crippen LogP contribution in [-0.2, 0) is 6.54 Å². The number of carboxylic acids is 1. The number of carbonyl (C=O) groups is 2. The fraction of sp³-hybridized carbons (Fsp3) is 0.214. The van der Waals surface area contributed by atoms with Crippen LogP contribution in [0.25, 0.3) is 0 Å². The van der Waals surface area contributed by atoms with Gasteiger partial charge < -0.3 is 10.0 Å². The molecule has 0 aliphatic carbocycles. The van der Waals surface area contributed by atoms with Crippen molar-refractivity contribution in [2.24, 2.45) is 0 Å². The van der Waals surface area contributed by atoms with E-state index in [1.165, 1.54) is 27.8 Å². The van der Waals surface area contributed by atoms with Crippen molar-refractivity contribution in [3.63, 3.8) is 0 Å². The lowest BCUT2D eigenvalue weighted by atomic mass is 10.1. The Kier molecular flexibility index (Phi) is 4.02. The molecule has 0 fully saturated rings. The van der Waals surface area contributed by atoms with Gasteiger partial charge in [-0.3, -0.25) is 9.48 Å². The summed E-state index contributed by atoms with van der Waals surface area (Å²) < 4.78 is 15.1. The predicted molar refractivity (Wildman–Crippen MR) is 72.7 cm³/mol. The van der Waals surface area contributed by atoms with Crippen LogP contribution in [0.2, 0.25) is 0 Å². The Morgan fingerprint density at radius 2 is 2.05 bits per heavy atom. The van der Waals surface area contributed by atoms with Gasteiger partial charge in [-0.1, -0.05) is 0 Å². The molecule has 2 rings (SSSR count). The van der Waals surface area contributed by atoms with Crippen LogP contribution in [0.5, 0.6) is 0 Å². The minimum Gasteiger partial charge on any atom is -0.478 e. The minimum atomic E-state index is -1.12. The van der Waals surface area contributed by atoms with E-state index in [9.17, 15) is 14.0 Å². The molecule has 2 aromatic rings. The third-order valence-corrected chi connectivity index (χ3v) is 2.89. The van der Waals surface area contributed by atoms with Crippen molar-refractivity contribution >= 4 is 11.9 Å². The Morgan fingerprint density at radius 1 is 1.33 bits per heavy atom. The highest BCUT2D eigenvalue weighted by Gasteiger charge is 2.13. The maximum atomic E-state index is 13.7. The molecule has 0 aliphatic rings. The first-order valence-electron chi connectivity index (χ1n) is 6.15. The molecule has 1 amide bonds. The Morgan fingerprint density at radius 3 is 2.67 bits per heavy atom. The average molecular weight is 291 g/mol. The van der Waals surface area contributed by atoms with E-state index in [0.29, 0.717) is 0 Å². The molecule has 1 heterocycles. The van der Waals surface area contributed by atoms with E-state index in [-0.39, 0.29) is 29.3 Å². The van der Waals surface area contributed by atoms with Crippen LogP contribution in [0.4, 0.5) is 4.39 Å². The molecule has 6 nitrogen and oxygen atoms in total. The molecule has 0 saturated heterocycles. The Hall–Kier alpha value is -2.70. The molecular formula is C14H14FN3O3. The second kappa shape index (κ2) is 5.74. The molecule has 0 unspecified atom stereocenters. The fourth-order valence-electron chi connectivity index (χ4n) is 1.80. The smallest absolute Gasteiger partial charge is 0.335 e. The van der Waals surface area contributed by atoms with Crippen molar-refractivity contribution in [1.82, 2.24) is 14.7 Å². The average Bonchev–Trinajstić information content (AvgIpc) is 2.88. The fourth-order valence-corrected chi connectivity index (χ4v) is 1.80. The summed E-state index contributed by atoms with van der Waals surface area (Å²) in [5, 5.41) is 13.0. The molecule has 1 aromatic heterocycles. The Labute approximate surface area is 120 Å². The molecule has 0 saturated carbocycles. The number of carbonyl (C=O) groups excluding carboxylic acids is 1. The third-order valence-electron chi connectivity index (χ3n) is 2.89. The number of amides is 1. The van der Waals surface area contributed by atoms with Crippen LogP contribution in [0, 0.1) is 5.82 Å². The summed E-state index contributed by atoms with van der Waals surface area (Å²) in [5.74, 6) is -1.90. The molecule has 21 heavy (non-hydrogen) atoms. The van der Waals surface area contributed by atoms with E-state index >= 15 is 0 Å². The number of aromatic nitrogens is 2. The zero-order valence-electron chi connectivity index (χ0n) is 11.6. The second-order valence-corrected chi connectivity index (χ2v) is 4.71. The summed E-state index contributed by atoms with van der Waals surface area (Å²) in [6, 6.07) is 5.09. The minimum absolute atomic E-state index is 0.00291. The van der Waals surface area contributed by atoms with Gasteiger partial charge in [0.05, 0.1) is 12.1 Å². The molecule has 1 N–H and O–H groups in total. The summed E-state index contributed by atoms with van der Waals surface area (Å²) in [6.45, 7) is 0.0493. The Bertz CT molecular complexity index is 695. The molecule has 1 aromatic carbocycles. The lowest BCUT2D eigenvalue weighted by molar-refractivity contribution is 0.0696. The van der Waals surface area contributed by atoms with E-state index in [1.807, 2.05) is 0 Å². The molecule has 0 spiro atoms. The molecule has 0 aliphatic heterocycles. The summed E-state index contributed by atoms with van der Waals surface area (Å²) in [5.41, 5.74) is 0.444. The first-order valence-corrected chi connectivity index (χ1v) is 6.15. The number of halogens is 1. The number of hydrogen-bond acceptors (Lipinski definition) is 3. The summed E-state index contributed by atoms with van der Waals surface area (Å²) in [6.07, 6.45) is 1.55. The van der Waals surface area contributed by atoms with Crippen molar-refractivity contribution in [1.29, 1.82) is 0 Å². The monoisotopic (exact) mass is 291 g/mol. The molecule has 0 bridgehead atoms. The standard InChI is InChI=1S/C14H14FN3O3/c1-17(2)13(19)12-5-6-18(16-12)8-10-7-9(14(20)21)3-4-11(10)15/h3-7H,8H2,1-2H3,(H,20,21). The molecule has 7 heteroatoms. The van der Waals surface area contributed by atoms with Gasteiger partial charge in [0, 0.05) is 25.9 Å². The molecule has 110 valence electrons. The van der Waals surface area contributed by atoms with Crippen molar-refractivity contribution < 1.29 is 19.1 Å². The number of carboxylic acid groups (broad SMARTS) is 1. The van der Waals surface area contributed by atoms with Crippen LogP contribution >= 0.6 is 0 Å². The highest BCUT2D eigenvalue weighted by molar-refractivity contribution is 5.91. The molecule has 0 radical (unpaired) electrons. The number of rotatable bonds is 4. The van der Waals surface area contributed by atoms with Gasteiger partial charge in [-0.2, -0.15) is 5.10 Å². The number of nitrogens with zero attached hydrogens (tertiary/aromatic N) is 3. The van der Waals surface area contributed by atoms with Gasteiger partial charge in [0.15, 0.2) is 0 Å². The first-order chi connectivity index (χ1) is 9.88. The molecular weight excluding hydrogens is 277 g/mol. The van der Waals surface area contributed by atoms with Gasteiger partial charge in [-0.15, -0.1) is 0 Å². The van der Waals surface area contributed by atoms with E-state index in [2.05, 4.69) is 5.10 Å². The van der Waals surface area contributed by atoms with E-state index in [0.717, 1.165) is 6.07 Å². The van der Waals surface area contributed by atoms with Crippen molar-refractivity contribution in [2.75, 3.05) is 14.1 Å². The van der Waals surface area contributed by atoms with Crippen LogP contribution < -0.4 is 0 Å². The second-order valence-electron chi connectivity index (χ2n) is 4.71. The largest absolute Gasteiger partial charge is 0.478 e. The lowest BCUT2D eigenvalue weighted by Crippen LogP contribution is -2.22. The number of hydrogen-bond donors (Lipinski definition) is 1. The van der Waals surface area contributed by atoms with Gasteiger partial charge in [0.25, 0.3) is 5.91 Å². The summed E-state index contributed by atoms with van der Waals surface area (Å²) in [4.78, 5) is 24.0. The topological polar surface area (TPSA) is 75.4 Å². The van der Waals surface area contributed by atoms with Crippen molar-refractivity contribution in [2.45, 2.75) is 6.54 Å². The van der Waals surface area contributed by atoms with Gasteiger partial charge in [-0.25, -0.2) is 9.18 Å². The maximum absolute atomic E-state index is 13.7. The van der Waals surface area contributed by atoms with Gasteiger partial charge >= 0.3 is 5.97 Å². The third kappa shape index (κ3) is 3.25. The van der Waals surface area contributed by atoms with E-state index in [4.69, 9.17) is 5.11 Å². The number of benzene rings is 1. The highest BCUT2D eigenvalue weighted by Crippen LogP contribution is 2.13. The van der Waals surface area contributed by atoms with Crippen LogP contribution in [0.15, 0.2) is 30.5 Å². The first kappa shape index (κ1) is 14.7. The van der Waals surface area contributed by atoms with Crippen LogP contribution in [0.1, 0.15) is 26.4 Å². The van der Waals surface area contributed by atoms with E-state index in [1.54, 1.807) is 20.3 Å². The van der Waals surface area contributed by atoms with Gasteiger partial charge in [0.1, 0.15) is 11.5 Å². The zero-order chi connectivity index (χ0) is 15.6. The lowest BCUT2D eigenvalue weighted by Gasteiger charge is -2.07. The Balaban J connectivity index is 2.24. The van der Waals surface area contributed by atoms with Crippen molar-refractivity contribution in [3.8, 4) is 0 Å². The maximum Gasteiger partial charge on any atom is 0.335 e. The highest BCUT2D eigenvalue weighted by atomic mass is 19.1. The SMILES string of the molecule is CN(C)C(=O)c1ccn(Cc2cc(C(=O)O)ccc2F)n1. The van der Waals surface area contributed by atoms with Crippen LogP contribution in [0.3, 0.4) is 0 Å². The van der Waals surface area contributed by atoms with Gasteiger partial charge in [0.2, 0.25) is 0 Å². The van der Waals surface area contributed by atoms with E-state index < -0.39 is 11.8 Å². The predicted octanol–water partition coefficient (Wildman–Crippen LogP) is 1.47. The summed E-state index contributed by atoms with van der Waals surface area (Å²) in [7, 11) is 3.22. The zero-order valence-corrected chi connectivity index (χ0v) is 11.6. The van der Waals surface area contributed by atoms with Crippen LogP contribution in [-0.4, -0.2) is 45.8 Å². The summed E-state index contributed by atoms with van der Waals surface area (Å²) >= 11 is 0. The quantitative estimate of drug-likeness (QED) is 0.925. The normalized spacial score (nSPS) is 10.4. The molecule has 0 atom stereocenters. The van der Waals surface area contributed by atoms with Gasteiger partial charge in [-0.05, 0) is 24.3 Å². The van der Waals surface area contributed by atoms with Crippen molar-refractivity contribution in [3.05, 3.63) is 53.1 Å². The number of aromatic carboxylic acids is 1.